The van der Waals surface area contributed by atoms with Crippen LogP contribution in [0.15, 0.2) is 51.8 Å². The Bertz CT molecular complexity index is 824. The summed E-state index contributed by atoms with van der Waals surface area (Å²) in [6, 6.07) is 10.9. The highest BCUT2D eigenvalue weighted by molar-refractivity contribution is 6.29. The summed E-state index contributed by atoms with van der Waals surface area (Å²) < 4.78 is 5.32. The number of hydrogen-bond donors (Lipinski definition) is 0. The van der Waals surface area contributed by atoms with Crippen LogP contribution in [-0.2, 0) is 0 Å². The lowest BCUT2D eigenvalue weighted by Gasteiger charge is -2.03. The fourth-order valence-electron chi connectivity index (χ4n) is 2.01. The van der Waals surface area contributed by atoms with Crippen molar-refractivity contribution in [3.63, 3.8) is 0 Å². The van der Waals surface area contributed by atoms with Crippen molar-refractivity contribution in [3.8, 4) is 11.1 Å². The Morgan fingerprint density at radius 2 is 2.00 bits per heavy atom. The van der Waals surface area contributed by atoms with E-state index in [0.29, 0.717) is 21.9 Å². The van der Waals surface area contributed by atoms with E-state index < -0.39 is 0 Å². The normalized spacial score (nSPS) is 10.8. The lowest BCUT2D eigenvalue weighted by atomic mass is 10.1. The molecule has 3 rings (SSSR count). The number of benzene rings is 1. The van der Waals surface area contributed by atoms with E-state index in [4.69, 9.17) is 16.0 Å². The summed E-state index contributed by atoms with van der Waals surface area (Å²) in [6.07, 6.45) is 1.57. The second-order valence-electron chi connectivity index (χ2n) is 4.36. The van der Waals surface area contributed by atoms with Crippen LogP contribution in [0.25, 0.3) is 22.1 Å². The zero-order chi connectivity index (χ0) is 13.4. The average molecular weight is 272 g/mol. The summed E-state index contributed by atoms with van der Waals surface area (Å²) in [4.78, 5) is 15.9. The van der Waals surface area contributed by atoms with Gasteiger partial charge in [0.15, 0.2) is 0 Å². The Kier molecular flexibility index (Phi) is 2.84. The molecule has 0 aliphatic carbocycles. The number of aryl methyl sites for hydroxylation is 1. The van der Waals surface area contributed by atoms with Gasteiger partial charge in [0.2, 0.25) is 0 Å². The first-order valence-corrected chi connectivity index (χ1v) is 6.18. The molecule has 0 N–H and O–H groups in total. The summed E-state index contributed by atoms with van der Waals surface area (Å²) in [6.45, 7) is 1.99. The standard InChI is InChI=1S/C15H10ClNO2/c1-9-2-3-13-11(6-9)7-12(15(18)19-13)10-4-5-17-14(16)8-10/h2-8H,1H3. The number of pyridine rings is 1. The maximum Gasteiger partial charge on any atom is 0.344 e. The molecule has 0 unspecified atom stereocenters. The van der Waals surface area contributed by atoms with Gasteiger partial charge in [-0.1, -0.05) is 23.2 Å². The van der Waals surface area contributed by atoms with Crippen molar-refractivity contribution in [1.29, 1.82) is 0 Å². The maximum atomic E-state index is 12.0. The molecule has 3 aromatic rings. The van der Waals surface area contributed by atoms with E-state index in [0.717, 1.165) is 10.9 Å². The topological polar surface area (TPSA) is 43.1 Å². The van der Waals surface area contributed by atoms with Crippen LogP contribution in [0, 0.1) is 6.92 Å². The van der Waals surface area contributed by atoms with E-state index in [1.165, 1.54) is 0 Å². The highest BCUT2D eigenvalue weighted by Gasteiger charge is 2.08. The highest BCUT2D eigenvalue weighted by atomic mass is 35.5. The van der Waals surface area contributed by atoms with E-state index in [9.17, 15) is 4.79 Å². The SMILES string of the molecule is Cc1ccc2oc(=O)c(-c3ccnc(Cl)c3)cc2c1. The third-order valence-electron chi connectivity index (χ3n) is 2.93. The molecule has 19 heavy (non-hydrogen) atoms. The summed E-state index contributed by atoms with van der Waals surface area (Å²) in [7, 11) is 0. The molecule has 0 aliphatic rings. The van der Waals surface area contributed by atoms with Gasteiger partial charge in [-0.25, -0.2) is 9.78 Å². The van der Waals surface area contributed by atoms with Gasteiger partial charge in [-0.15, -0.1) is 0 Å². The smallest absolute Gasteiger partial charge is 0.344 e. The summed E-state index contributed by atoms with van der Waals surface area (Å²) in [5, 5.41) is 1.24. The molecule has 0 fully saturated rings. The summed E-state index contributed by atoms with van der Waals surface area (Å²) in [5.74, 6) is 0. The molecule has 0 bridgehead atoms. The summed E-state index contributed by atoms with van der Waals surface area (Å²) in [5.41, 5.74) is 2.51. The Morgan fingerprint density at radius 1 is 1.16 bits per heavy atom. The lowest BCUT2D eigenvalue weighted by Crippen LogP contribution is -2.02. The minimum Gasteiger partial charge on any atom is -0.422 e. The third-order valence-corrected chi connectivity index (χ3v) is 3.13. The molecule has 1 aromatic carbocycles. The number of rotatable bonds is 1. The third kappa shape index (κ3) is 2.25. The van der Waals surface area contributed by atoms with Gasteiger partial charge in [0, 0.05) is 11.6 Å². The molecule has 0 amide bonds. The Labute approximate surface area is 114 Å². The Morgan fingerprint density at radius 3 is 2.79 bits per heavy atom. The maximum absolute atomic E-state index is 12.0. The Hall–Kier alpha value is -2.13. The van der Waals surface area contributed by atoms with Gasteiger partial charge in [0.1, 0.15) is 10.7 Å². The van der Waals surface area contributed by atoms with Gasteiger partial charge in [-0.05, 0) is 42.8 Å². The fourth-order valence-corrected chi connectivity index (χ4v) is 2.19. The molecule has 94 valence electrons. The van der Waals surface area contributed by atoms with Crippen molar-refractivity contribution in [1.82, 2.24) is 4.98 Å². The molecule has 2 heterocycles. The van der Waals surface area contributed by atoms with Crippen LogP contribution in [0.1, 0.15) is 5.56 Å². The van der Waals surface area contributed by atoms with E-state index >= 15 is 0 Å². The average Bonchev–Trinajstić information content (AvgIpc) is 2.38. The van der Waals surface area contributed by atoms with Crippen LogP contribution in [0.4, 0.5) is 0 Å². The fraction of sp³-hybridized carbons (Fsp3) is 0.0667. The van der Waals surface area contributed by atoms with Crippen LogP contribution in [0.3, 0.4) is 0 Å². The first-order chi connectivity index (χ1) is 9.13. The molecule has 2 aromatic heterocycles. The zero-order valence-electron chi connectivity index (χ0n) is 10.2. The molecule has 0 saturated heterocycles. The van der Waals surface area contributed by atoms with E-state index in [1.54, 1.807) is 24.4 Å². The van der Waals surface area contributed by atoms with Crippen LogP contribution in [0.5, 0.6) is 0 Å². The number of fused-ring (bicyclic) bond motifs is 1. The van der Waals surface area contributed by atoms with Gasteiger partial charge in [0.05, 0.1) is 5.56 Å². The second kappa shape index (κ2) is 4.52. The lowest BCUT2D eigenvalue weighted by molar-refractivity contribution is 0.563. The number of halogens is 1. The largest absolute Gasteiger partial charge is 0.422 e. The molecule has 0 atom stereocenters. The van der Waals surface area contributed by atoms with Crippen LogP contribution in [-0.4, -0.2) is 4.98 Å². The zero-order valence-corrected chi connectivity index (χ0v) is 10.9. The van der Waals surface area contributed by atoms with Crippen molar-refractivity contribution in [2.45, 2.75) is 6.92 Å². The minimum atomic E-state index is -0.376. The van der Waals surface area contributed by atoms with Gasteiger partial charge in [-0.3, -0.25) is 0 Å². The first kappa shape index (κ1) is 11.9. The minimum absolute atomic E-state index is 0.348. The molecular formula is C15H10ClNO2. The number of nitrogens with zero attached hydrogens (tertiary/aromatic N) is 1. The highest BCUT2D eigenvalue weighted by Crippen LogP contribution is 2.23. The number of aromatic nitrogens is 1. The van der Waals surface area contributed by atoms with E-state index in [2.05, 4.69) is 4.98 Å². The predicted molar refractivity (Wildman–Crippen MR) is 75.5 cm³/mol. The van der Waals surface area contributed by atoms with Gasteiger partial charge in [0.25, 0.3) is 0 Å². The quantitative estimate of drug-likeness (QED) is 0.499. The van der Waals surface area contributed by atoms with E-state index in [-0.39, 0.29) is 5.63 Å². The van der Waals surface area contributed by atoms with Crippen molar-refractivity contribution < 1.29 is 4.42 Å². The molecule has 0 aliphatic heterocycles. The summed E-state index contributed by atoms with van der Waals surface area (Å²) >= 11 is 5.85. The van der Waals surface area contributed by atoms with Gasteiger partial charge >= 0.3 is 5.63 Å². The molecular weight excluding hydrogens is 262 g/mol. The molecule has 0 saturated carbocycles. The van der Waals surface area contributed by atoms with Crippen molar-refractivity contribution in [2.75, 3.05) is 0 Å². The van der Waals surface area contributed by atoms with Crippen molar-refractivity contribution in [2.24, 2.45) is 0 Å². The first-order valence-electron chi connectivity index (χ1n) is 5.80. The molecule has 4 heteroatoms. The van der Waals surface area contributed by atoms with Crippen molar-refractivity contribution >= 4 is 22.6 Å². The van der Waals surface area contributed by atoms with Crippen LogP contribution in [0.2, 0.25) is 5.15 Å². The van der Waals surface area contributed by atoms with Gasteiger partial charge < -0.3 is 4.42 Å². The Balaban J connectivity index is 2.29. The predicted octanol–water partition coefficient (Wildman–Crippen LogP) is 3.82. The van der Waals surface area contributed by atoms with Gasteiger partial charge in [-0.2, -0.15) is 0 Å². The second-order valence-corrected chi connectivity index (χ2v) is 4.74. The molecule has 0 radical (unpaired) electrons. The van der Waals surface area contributed by atoms with Crippen LogP contribution < -0.4 is 5.63 Å². The van der Waals surface area contributed by atoms with E-state index in [1.807, 2.05) is 25.1 Å². The number of hydrogen-bond acceptors (Lipinski definition) is 3. The monoisotopic (exact) mass is 271 g/mol. The van der Waals surface area contributed by atoms with Crippen molar-refractivity contribution in [3.05, 3.63) is 63.7 Å². The van der Waals surface area contributed by atoms with Crippen LogP contribution >= 0.6 is 11.6 Å². The molecule has 0 spiro atoms. The molecule has 3 nitrogen and oxygen atoms in total.